The molecule has 0 aromatic heterocycles. The van der Waals surface area contributed by atoms with Gasteiger partial charge in [-0.1, -0.05) is 13.8 Å². The number of nitrogens with one attached hydrogen (secondary N) is 2. The SMILES string of the molecule is CCOc1cc2c(cc1C(=O)NC)C(=N)N(CC(=O)c1cc(C(C)C)c3c(c1)N(C)CCO3)C2. The molecule has 0 fully saturated rings. The van der Waals surface area contributed by atoms with E-state index in [4.69, 9.17) is 14.9 Å². The summed E-state index contributed by atoms with van der Waals surface area (Å²) in [7, 11) is 3.57. The zero-order valence-corrected chi connectivity index (χ0v) is 20.4. The summed E-state index contributed by atoms with van der Waals surface area (Å²) in [6.45, 7) is 8.36. The Balaban J connectivity index is 1.61. The van der Waals surface area contributed by atoms with Crippen LogP contribution in [0.25, 0.3) is 0 Å². The highest BCUT2D eigenvalue weighted by atomic mass is 16.5. The van der Waals surface area contributed by atoms with Gasteiger partial charge in [-0.2, -0.15) is 0 Å². The molecule has 8 nitrogen and oxygen atoms in total. The zero-order chi connectivity index (χ0) is 24.6. The molecule has 180 valence electrons. The minimum Gasteiger partial charge on any atom is -0.493 e. The second-order valence-corrected chi connectivity index (χ2v) is 8.98. The largest absolute Gasteiger partial charge is 0.493 e. The molecule has 0 unspecified atom stereocenters. The number of ketones is 1. The Hall–Kier alpha value is -3.55. The lowest BCUT2D eigenvalue weighted by Gasteiger charge is -2.31. The number of rotatable bonds is 7. The summed E-state index contributed by atoms with van der Waals surface area (Å²) in [5.41, 5.74) is 4.47. The molecule has 8 heteroatoms. The number of hydrogen-bond donors (Lipinski definition) is 2. The van der Waals surface area contributed by atoms with Gasteiger partial charge in [-0.3, -0.25) is 15.0 Å². The molecule has 1 amide bonds. The number of nitrogens with zero attached hydrogens (tertiary/aromatic N) is 2. The van der Waals surface area contributed by atoms with Crippen LogP contribution >= 0.6 is 0 Å². The van der Waals surface area contributed by atoms with Gasteiger partial charge in [0.1, 0.15) is 23.9 Å². The Bertz CT molecular complexity index is 1140. The molecule has 0 spiro atoms. The Labute approximate surface area is 200 Å². The number of carbonyl (C=O) groups is 2. The Kier molecular flexibility index (Phi) is 6.50. The average Bonchev–Trinajstić information content (AvgIpc) is 3.11. The molecule has 2 aromatic carbocycles. The number of benzene rings is 2. The van der Waals surface area contributed by atoms with Crippen molar-refractivity contribution in [3.05, 3.63) is 52.1 Å². The molecule has 0 saturated carbocycles. The molecular weight excluding hydrogens is 432 g/mol. The lowest BCUT2D eigenvalue weighted by molar-refractivity contribution is 0.0953. The van der Waals surface area contributed by atoms with Gasteiger partial charge in [0.2, 0.25) is 0 Å². The van der Waals surface area contributed by atoms with E-state index < -0.39 is 0 Å². The highest BCUT2D eigenvalue weighted by molar-refractivity contribution is 6.08. The fourth-order valence-corrected chi connectivity index (χ4v) is 4.49. The number of amides is 1. The van der Waals surface area contributed by atoms with E-state index in [1.807, 2.05) is 32.2 Å². The molecule has 4 rings (SSSR count). The fourth-order valence-electron chi connectivity index (χ4n) is 4.49. The molecule has 0 radical (unpaired) electrons. The van der Waals surface area contributed by atoms with Gasteiger partial charge in [0.15, 0.2) is 5.78 Å². The van der Waals surface area contributed by atoms with Crippen LogP contribution in [0, 0.1) is 5.41 Å². The van der Waals surface area contributed by atoms with E-state index in [-0.39, 0.29) is 30.0 Å². The van der Waals surface area contributed by atoms with Crippen LogP contribution < -0.4 is 19.7 Å². The number of anilines is 1. The van der Waals surface area contributed by atoms with Crippen molar-refractivity contribution in [3.63, 3.8) is 0 Å². The minimum absolute atomic E-state index is 0.0576. The number of hydrogen-bond acceptors (Lipinski definition) is 6. The van der Waals surface area contributed by atoms with Gasteiger partial charge in [0, 0.05) is 31.8 Å². The second-order valence-electron chi connectivity index (χ2n) is 8.98. The van der Waals surface area contributed by atoms with Crippen LogP contribution in [0.3, 0.4) is 0 Å². The Morgan fingerprint density at radius 1 is 1.24 bits per heavy atom. The Morgan fingerprint density at radius 3 is 2.68 bits per heavy atom. The fraction of sp³-hybridized carbons (Fsp3) is 0.423. The molecule has 34 heavy (non-hydrogen) atoms. The van der Waals surface area contributed by atoms with Crippen molar-refractivity contribution in [1.29, 1.82) is 5.41 Å². The normalized spacial score (nSPS) is 14.6. The van der Waals surface area contributed by atoms with Gasteiger partial charge in [0.05, 0.1) is 30.9 Å². The molecule has 0 aliphatic carbocycles. The van der Waals surface area contributed by atoms with Crippen LogP contribution in [0.5, 0.6) is 11.5 Å². The number of Topliss-reactive ketones (excluding diaryl/α,β-unsaturated/α-hetero) is 1. The van der Waals surface area contributed by atoms with E-state index in [0.29, 0.717) is 42.2 Å². The minimum atomic E-state index is -0.268. The molecule has 0 atom stereocenters. The van der Waals surface area contributed by atoms with E-state index in [2.05, 4.69) is 24.1 Å². The Morgan fingerprint density at radius 2 is 2.00 bits per heavy atom. The van der Waals surface area contributed by atoms with Crippen LogP contribution in [-0.4, -0.2) is 62.8 Å². The first kappa shape index (κ1) is 23.6. The molecule has 0 saturated heterocycles. The first-order chi connectivity index (χ1) is 16.2. The van der Waals surface area contributed by atoms with E-state index in [0.717, 1.165) is 29.1 Å². The molecule has 2 heterocycles. The van der Waals surface area contributed by atoms with Crippen molar-refractivity contribution in [3.8, 4) is 11.5 Å². The predicted octanol–water partition coefficient (Wildman–Crippen LogP) is 3.42. The summed E-state index contributed by atoms with van der Waals surface area (Å²) in [5, 5.41) is 11.3. The van der Waals surface area contributed by atoms with Crippen molar-refractivity contribution in [2.24, 2.45) is 0 Å². The van der Waals surface area contributed by atoms with Crippen molar-refractivity contribution in [2.45, 2.75) is 33.2 Å². The molecule has 2 aliphatic heterocycles. The molecular formula is C26H32N4O4. The van der Waals surface area contributed by atoms with Gasteiger partial charge >= 0.3 is 0 Å². The summed E-state index contributed by atoms with van der Waals surface area (Å²) in [5.74, 6) is 1.46. The third kappa shape index (κ3) is 4.20. The van der Waals surface area contributed by atoms with Crippen LogP contribution in [0.4, 0.5) is 5.69 Å². The number of amidine groups is 1. The summed E-state index contributed by atoms with van der Waals surface area (Å²) in [6.07, 6.45) is 0. The topological polar surface area (TPSA) is 95.0 Å². The van der Waals surface area contributed by atoms with Crippen LogP contribution in [0.15, 0.2) is 24.3 Å². The lowest BCUT2D eigenvalue weighted by atomic mass is 9.95. The third-order valence-corrected chi connectivity index (χ3v) is 6.37. The van der Waals surface area contributed by atoms with Crippen LogP contribution in [0.1, 0.15) is 64.1 Å². The maximum atomic E-state index is 13.4. The van der Waals surface area contributed by atoms with E-state index >= 15 is 0 Å². The van der Waals surface area contributed by atoms with Crippen molar-refractivity contribution in [1.82, 2.24) is 10.2 Å². The number of fused-ring (bicyclic) bond motifs is 2. The first-order valence-electron chi connectivity index (χ1n) is 11.7. The van der Waals surface area contributed by atoms with E-state index in [9.17, 15) is 9.59 Å². The van der Waals surface area contributed by atoms with Gasteiger partial charge < -0.3 is 24.6 Å². The lowest BCUT2D eigenvalue weighted by Crippen LogP contribution is -2.32. The van der Waals surface area contributed by atoms with Gasteiger partial charge in [-0.25, -0.2) is 0 Å². The highest BCUT2D eigenvalue weighted by Gasteiger charge is 2.30. The summed E-state index contributed by atoms with van der Waals surface area (Å²) in [4.78, 5) is 29.6. The maximum absolute atomic E-state index is 13.4. The number of ether oxygens (including phenoxy) is 2. The van der Waals surface area contributed by atoms with Gasteiger partial charge in [-0.05, 0) is 48.2 Å². The number of carbonyl (C=O) groups excluding carboxylic acids is 2. The molecule has 0 bridgehead atoms. The van der Waals surface area contributed by atoms with Gasteiger partial charge in [-0.15, -0.1) is 0 Å². The quantitative estimate of drug-likeness (QED) is 0.610. The number of likely N-dealkylation sites (N-methyl/N-ethyl adjacent to an activating group) is 1. The molecule has 2 N–H and O–H groups in total. The van der Waals surface area contributed by atoms with E-state index in [1.165, 1.54) is 0 Å². The van der Waals surface area contributed by atoms with Crippen LogP contribution in [-0.2, 0) is 6.54 Å². The van der Waals surface area contributed by atoms with Crippen molar-refractivity contribution < 1.29 is 19.1 Å². The standard InChI is InChI=1S/C26H32N4O4/c1-6-33-23-11-17-13-30(25(27)19(17)12-20(23)26(32)28-4)14-22(31)16-9-18(15(2)3)24-21(10-16)29(5)7-8-34-24/h9-12,15,27H,6-8,13-14H2,1-5H3,(H,28,32). The maximum Gasteiger partial charge on any atom is 0.254 e. The zero-order valence-electron chi connectivity index (χ0n) is 20.4. The van der Waals surface area contributed by atoms with Crippen LogP contribution in [0.2, 0.25) is 0 Å². The molecule has 2 aliphatic rings. The van der Waals surface area contributed by atoms with Gasteiger partial charge in [0.25, 0.3) is 5.91 Å². The van der Waals surface area contributed by atoms with E-state index in [1.54, 1.807) is 18.0 Å². The van der Waals surface area contributed by atoms with Crippen molar-refractivity contribution in [2.75, 3.05) is 45.3 Å². The molecule has 2 aromatic rings. The summed E-state index contributed by atoms with van der Waals surface area (Å²) in [6, 6.07) is 7.32. The average molecular weight is 465 g/mol. The third-order valence-electron chi connectivity index (χ3n) is 6.37. The monoisotopic (exact) mass is 464 g/mol. The summed E-state index contributed by atoms with van der Waals surface area (Å²) >= 11 is 0. The van der Waals surface area contributed by atoms with Crippen molar-refractivity contribution >= 4 is 23.2 Å². The summed E-state index contributed by atoms with van der Waals surface area (Å²) < 4.78 is 11.6. The predicted molar refractivity (Wildman–Crippen MR) is 132 cm³/mol. The smallest absolute Gasteiger partial charge is 0.254 e. The highest BCUT2D eigenvalue weighted by Crippen LogP contribution is 2.39. The second kappa shape index (κ2) is 9.37. The first-order valence-corrected chi connectivity index (χ1v) is 11.7.